The topological polar surface area (TPSA) is 72.2 Å². The number of likely N-dealkylation sites (tertiary alicyclic amines) is 2. The van der Waals surface area contributed by atoms with Crippen molar-refractivity contribution < 1.29 is 28.1 Å². The van der Waals surface area contributed by atoms with Gasteiger partial charge in [-0.15, -0.1) is 0 Å². The number of ether oxygens (including phenoxy) is 3. The Kier molecular flexibility index (Phi) is 10.5. The molecule has 0 saturated carbocycles. The van der Waals surface area contributed by atoms with E-state index in [1.165, 1.54) is 12.1 Å². The lowest BCUT2D eigenvalue weighted by molar-refractivity contribution is -0.0368. The Labute approximate surface area is 304 Å². The van der Waals surface area contributed by atoms with E-state index >= 15 is 0 Å². The summed E-state index contributed by atoms with van der Waals surface area (Å²) >= 11 is 0. The zero-order valence-corrected chi connectivity index (χ0v) is 30.3. The van der Waals surface area contributed by atoms with Gasteiger partial charge in [0, 0.05) is 32.7 Å². The summed E-state index contributed by atoms with van der Waals surface area (Å²) in [4.78, 5) is 9.92. The normalized spacial score (nSPS) is 19.3. The minimum absolute atomic E-state index is 0.00929. The smallest absolute Gasteiger partial charge is 0.203 e. The maximum absolute atomic E-state index is 13.9. The lowest BCUT2D eigenvalue weighted by Crippen LogP contribution is -2.45. The number of rotatable bonds is 13. The maximum Gasteiger partial charge on any atom is 0.203 e. The zero-order valence-electron chi connectivity index (χ0n) is 30.3. The van der Waals surface area contributed by atoms with Crippen LogP contribution >= 0.6 is 0 Å². The fourth-order valence-electron chi connectivity index (χ4n) is 8.25. The minimum atomic E-state index is -1.08. The van der Waals surface area contributed by atoms with E-state index in [0.717, 1.165) is 86.3 Å². The van der Waals surface area contributed by atoms with E-state index < -0.39 is 5.60 Å². The van der Waals surface area contributed by atoms with Crippen LogP contribution in [0.25, 0.3) is 11.0 Å². The first kappa shape index (κ1) is 35.9. The number of para-hydroxylation sites is 2. The molecule has 2 aliphatic rings. The highest BCUT2D eigenvalue weighted by Gasteiger charge is 2.41. The molecule has 2 fully saturated rings. The van der Waals surface area contributed by atoms with E-state index in [4.69, 9.17) is 19.2 Å². The van der Waals surface area contributed by atoms with Crippen LogP contribution in [0.2, 0.25) is 0 Å². The number of hydrogen-bond acceptors (Lipinski definition) is 7. The van der Waals surface area contributed by atoms with Crippen LogP contribution in [0.5, 0.6) is 17.2 Å². The Morgan fingerprint density at radius 2 is 1.33 bits per heavy atom. The molecule has 10 heteroatoms. The van der Waals surface area contributed by atoms with Crippen LogP contribution in [0, 0.1) is 17.0 Å². The Morgan fingerprint density at radius 1 is 0.712 bits per heavy atom. The summed E-state index contributed by atoms with van der Waals surface area (Å²) in [6, 6.07) is 25.5. The molecular weight excluding hydrogens is 662 g/mol. The molecule has 2 aliphatic heterocycles. The van der Waals surface area contributed by atoms with Crippen LogP contribution in [0.15, 0.2) is 84.9 Å². The number of hydrogen-bond donors (Lipinski definition) is 1. The van der Waals surface area contributed by atoms with Crippen molar-refractivity contribution >= 4 is 11.0 Å². The Balaban J connectivity index is 1.05. The summed E-state index contributed by atoms with van der Waals surface area (Å²) in [5.74, 6) is 2.05. The van der Waals surface area contributed by atoms with Gasteiger partial charge in [-0.3, -0.25) is 4.90 Å². The van der Waals surface area contributed by atoms with Gasteiger partial charge < -0.3 is 28.8 Å². The lowest BCUT2D eigenvalue weighted by Gasteiger charge is -2.39. The summed E-state index contributed by atoms with van der Waals surface area (Å²) < 4.78 is 46.4. The molecule has 1 unspecified atom stereocenters. The van der Waals surface area contributed by atoms with Gasteiger partial charge in [0.15, 0.2) is 11.5 Å². The molecule has 0 radical (unpaired) electrons. The molecule has 2 saturated heterocycles. The average Bonchev–Trinajstić information content (AvgIpc) is 3.74. The predicted molar refractivity (Wildman–Crippen MR) is 198 cm³/mol. The van der Waals surface area contributed by atoms with Crippen LogP contribution in [0.4, 0.5) is 8.78 Å². The molecule has 0 amide bonds. The predicted octanol–water partition coefficient (Wildman–Crippen LogP) is 7.20. The number of methoxy groups -OCH3 is 3. The summed E-state index contributed by atoms with van der Waals surface area (Å²) in [6.45, 7) is 5.50. The zero-order chi connectivity index (χ0) is 36.3. The van der Waals surface area contributed by atoms with Crippen LogP contribution in [0.3, 0.4) is 0 Å². The number of halogens is 2. The van der Waals surface area contributed by atoms with Gasteiger partial charge in [0.05, 0.1) is 32.4 Å². The van der Waals surface area contributed by atoms with Crippen LogP contribution in [-0.2, 0) is 25.1 Å². The van der Waals surface area contributed by atoms with Crippen LogP contribution in [0.1, 0.15) is 48.2 Å². The Hall–Kier alpha value is -4.51. The van der Waals surface area contributed by atoms with Gasteiger partial charge in [-0.2, -0.15) is 0 Å². The van der Waals surface area contributed by atoms with Gasteiger partial charge in [0.2, 0.25) is 5.75 Å². The van der Waals surface area contributed by atoms with Crippen molar-refractivity contribution in [1.29, 1.82) is 0 Å². The first-order chi connectivity index (χ1) is 25.2. The molecule has 3 heterocycles. The molecule has 0 spiro atoms. The average molecular weight is 711 g/mol. The number of aromatic nitrogens is 2. The van der Waals surface area contributed by atoms with Crippen molar-refractivity contribution in [3.8, 4) is 17.2 Å². The lowest BCUT2D eigenvalue weighted by atomic mass is 9.77. The van der Waals surface area contributed by atoms with Gasteiger partial charge >= 0.3 is 0 Å². The minimum Gasteiger partial charge on any atom is -0.493 e. The highest BCUT2D eigenvalue weighted by Crippen LogP contribution is 2.42. The van der Waals surface area contributed by atoms with Crippen molar-refractivity contribution in [2.24, 2.45) is 5.41 Å². The summed E-state index contributed by atoms with van der Waals surface area (Å²) in [5.41, 5.74) is 3.92. The van der Waals surface area contributed by atoms with E-state index in [0.29, 0.717) is 42.5 Å². The van der Waals surface area contributed by atoms with Crippen molar-refractivity contribution in [2.45, 2.75) is 50.8 Å². The molecule has 1 aromatic heterocycles. The second-order valence-electron chi connectivity index (χ2n) is 14.6. The van der Waals surface area contributed by atoms with Crippen molar-refractivity contribution in [3.63, 3.8) is 0 Å². The highest BCUT2D eigenvalue weighted by molar-refractivity contribution is 5.76. The first-order valence-corrected chi connectivity index (χ1v) is 18.1. The number of piperidine rings is 1. The fourth-order valence-corrected chi connectivity index (χ4v) is 8.25. The fraction of sp³-hybridized carbons (Fsp3) is 0.405. The molecule has 274 valence electrons. The largest absolute Gasteiger partial charge is 0.493 e. The van der Waals surface area contributed by atoms with Gasteiger partial charge in [-0.25, -0.2) is 13.8 Å². The molecule has 0 bridgehead atoms. The number of imidazole rings is 1. The Bertz CT molecular complexity index is 1950. The highest BCUT2D eigenvalue weighted by atomic mass is 19.1. The van der Waals surface area contributed by atoms with E-state index in [9.17, 15) is 13.9 Å². The molecule has 52 heavy (non-hydrogen) atoms. The quantitative estimate of drug-likeness (QED) is 0.139. The van der Waals surface area contributed by atoms with Crippen molar-refractivity contribution in [1.82, 2.24) is 19.4 Å². The van der Waals surface area contributed by atoms with E-state index in [2.05, 4.69) is 14.4 Å². The van der Waals surface area contributed by atoms with Crippen LogP contribution < -0.4 is 14.2 Å². The summed E-state index contributed by atoms with van der Waals surface area (Å²) in [6.07, 6.45) is 4.01. The maximum atomic E-state index is 13.9. The number of benzene rings is 4. The second kappa shape index (κ2) is 15.2. The molecule has 1 N–H and O–H groups in total. The van der Waals surface area contributed by atoms with Crippen molar-refractivity contribution in [3.05, 3.63) is 119 Å². The van der Waals surface area contributed by atoms with Gasteiger partial charge in [0.1, 0.15) is 23.1 Å². The van der Waals surface area contributed by atoms with Crippen LogP contribution in [-0.4, -0.2) is 78.5 Å². The molecule has 7 rings (SSSR count). The SMILES string of the molecule is COc1cc(CN2CCC(CCN3CCC(O)(c4nc5ccccc5n4Cc4ccc(F)cc4)CC3)(Cc3ccc(F)cc3)C2)cc(OC)c1OC. The third kappa shape index (κ3) is 7.65. The van der Waals surface area contributed by atoms with E-state index in [1.54, 1.807) is 45.6 Å². The molecule has 1 atom stereocenters. The number of nitrogens with zero attached hydrogens (tertiary/aromatic N) is 4. The van der Waals surface area contributed by atoms with Gasteiger partial charge in [0.25, 0.3) is 0 Å². The molecule has 4 aromatic carbocycles. The molecule has 5 aromatic rings. The first-order valence-electron chi connectivity index (χ1n) is 18.1. The third-order valence-electron chi connectivity index (χ3n) is 11.1. The van der Waals surface area contributed by atoms with Crippen molar-refractivity contribution in [2.75, 3.05) is 54.1 Å². The van der Waals surface area contributed by atoms with E-state index in [-0.39, 0.29) is 17.0 Å². The number of aliphatic hydroxyl groups is 1. The second-order valence-corrected chi connectivity index (χ2v) is 14.6. The van der Waals surface area contributed by atoms with Gasteiger partial charge in [-0.1, -0.05) is 36.4 Å². The van der Waals surface area contributed by atoms with E-state index in [1.807, 2.05) is 48.5 Å². The standard InChI is InChI=1S/C42H48F2N4O4/c1-50-37-24-32(25-38(51-2)39(37)52-3)27-47-21-17-41(29-47,26-30-8-12-33(43)13-9-30)16-20-46-22-18-42(49,19-23-46)40-45-35-6-4-5-7-36(35)48(40)28-31-10-14-34(44)15-11-31/h4-15,24-25,49H,16-23,26-29H2,1-3H3. The summed E-state index contributed by atoms with van der Waals surface area (Å²) in [7, 11) is 4.88. The molecule has 8 nitrogen and oxygen atoms in total. The molecule has 0 aliphatic carbocycles. The molecular formula is C42H48F2N4O4. The Morgan fingerprint density at radius 3 is 1.96 bits per heavy atom. The summed E-state index contributed by atoms with van der Waals surface area (Å²) in [5, 5.41) is 12.2. The monoisotopic (exact) mass is 710 g/mol. The third-order valence-corrected chi connectivity index (χ3v) is 11.1. The van der Waals surface area contributed by atoms with Gasteiger partial charge in [-0.05, 0) is 116 Å². The number of fused-ring (bicyclic) bond motifs is 1.